The zero-order valence-electron chi connectivity index (χ0n) is 12.3. The van der Waals surface area contributed by atoms with Crippen molar-refractivity contribution in [3.8, 4) is 0 Å². The zero-order chi connectivity index (χ0) is 14.0. The molecular weight excluding hydrogens is 242 g/mol. The molecule has 0 bridgehead atoms. The fourth-order valence-corrected chi connectivity index (χ4v) is 2.44. The minimum Gasteiger partial charge on any atom is -0.361 e. The molecule has 1 fully saturated rings. The van der Waals surface area contributed by atoms with Crippen LogP contribution in [0.3, 0.4) is 0 Å². The van der Waals surface area contributed by atoms with E-state index in [1.54, 1.807) is 0 Å². The predicted octanol–water partition coefficient (Wildman–Crippen LogP) is 1.59. The summed E-state index contributed by atoms with van der Waals surface area (Å²) in [5, 5.41) is 3.98. The van der Waals surface area contributed by atoms with Gasteiger partial charge in [-0.15, -0.1) is 0 Å². The predicted molar refractivity (Wildman–Crippen MR) is 72.7 cm³/mol. The molecule has 0 N–H and O–H groups in total. The van der Waals surface area contributed by atoms with Crippen LogP contribution in [0.2, 0.25) is 0 Å². The lowest BCUT2D eigenvalue weighted by Crippen LogP contribution is -2.49. The lowest BCUT2D eigenvalue weighted by atomic mass is 10.1. The number of carbonyl (C=O) groups excluding carboxylic acids is 1. The highest BCUT2D eigenvalue weighted by molar-refractivity contribution is 5.78. The van der Waals surface area contributed by atoms with Gasteiger partial charge in [-0.1, -0.05) is 19.0 Å². The molecule has 1 aromatic heterocycles. The van der Waals surface area contributed by atoms with Gasteiger partial charge >= 0.3 is 0 Å². The number of nitrogens with zero attached hydrogens (tertiary/aromatic N) is 3. The number of rotatable bonds is 3. The molecule has 106 valence electrons. The van der Waals surface area contributed by atoms with Gasteiger partial charge in [0.1, 0.15) is 5.76 Å². The van der Waals surface area contributed by atoms with E-state index in [1.165, 1.54) is 5.56 Å². The second-order valence-electron chi connectivity index (χ2n) is 5.56. The van der Waals surface area contributed by atoms with Gasteiger partial charge in [-0.2, -0.15) is 0 Å². The maximum atomic E-state index is 11.9. The number of hydrogen-bond acceptors (Lipinski definition) is 4. The Kier molecular flexibility index (Phi) is 4.24. The second-order valence-corrected chi connectivity index (χ2v) is 5.56. The van der Waals surface area contributed by atoms with Crippen LogP contribution in [0, 0.1) is 19.8 Å². The van der Waals surface area contributed by atoms with Gasteiger partial charge < -0.3 is 9.42 Å². The summed E-state index contributed by atoms with van der Waals surface area (Å²) in [6.07, 6.45) is 0. The fourth-order valence-electron chi connectivity index (χ4n) is 2.44. The SMILES string of the molecule is Cc1noc(C)c1CN1CCN(C(=O)C(C)C)CC1. The van der Waals surface area contributed by atoms with Crippen molar-refractivity contribution in [1.82, 2.24) is 15.0 Å². The molecule has 19 heavy (non-hydrogen) atoms. The summed E-state index contributed by atoms with van der Waals surface area (Å²) >= 11 is 0. The van der Waals surface area contributed by atoms with Crippen LogP contribution in [0.1, 0.15) is 30.9 Å². The Morgan fingerprint density at radius 3 is 2.37 bits per heavy atom. The average molecular weight is 265 g/mol. The topological polar surface area (TPSA) is 49.6 Å². The summed E-state index contributed by atoms with van der Waals surface area (Å²) in [5.74, 6) is 1.25. The van der Waals surface area contributed by atoms with Crippen molar-refractivity contribution in [2.75, 3.05) is 26.2 Å². The van der Waals surface area contributed by atoms with Crippen molar-refractivity contribution in [3.63, 3.8) is 0 Å². The smallest absolute Gasteiger partial charge is 0.225 e. The molecule has 0 unspecified atom stereocenters. The molecule has 5 nitrogen and oxygen atoms in total. The van der Waals surface area contributed by atoms with Crippen LogP contribution in [0.15, 0.2) is 4.52 Å². The third-order valence-electron chi connectivity index (χ3n) is 3.74. The number of amides is 1. The van der Waals surface area contributed by atoms with E-state index in [2.05, 4.69) is 10.1 Å². The summed E-state index contributed by atoms with van der Waals surface area (Å²) in [7, 11) is 0. The Morgan fingerprint density at radius 2 is 1.89 bits per heavy atom. The minimum absolute atomic E-state index is 0.0918. The first-order chi connectivity index (χ1) is 8.99. The Labute approximate surface area is 114 Å². The van der Waals surface area contributed by atoms with Gasteiger partial charge in [0.25, 0.3) is 0 Å². The normalized spacial score (nSPS) is 17.2. The van der Waals surface area contributed by atoms with Crippen LogP contribution < -0.4 is 0 Å². The summed E-state index contributed by atoms with van der Waals surface area (Å²) in [4.78, 5) is 16.2. The summed E-state index contributed by atoms with van der Waals surface area (Å²) in [6, 6.07) is 0. The molecule has 1 aliphatic rings. The molecule has 1 aliphatic heterocycles. The molecule has 1 aromatic rings. The van der Waals surface area contributed by atoms with Crippen molar-refractivity contribution in [1.29, 1.82) is 0 Å². The molecule has 0 radical (unpaired) electrons. The van der Waals surface area contributed by atoms with Crippen molar-refractivity contribution >= 4 is 5.91 Å². The van der Waals surface area contributed by atoms with Gasteiger partial charge in [-0.3, -0.25) is 9.69 Å². The maximum absolute atomic E-state index is 11.9. The molecule has 0 spiro atoms. The molecule has 0 saturated carbocycles. The Morgan fingerprint density at radius 1 is 1.26 bits per heavy atom. The van der Waals surface area contributed by atoms with Gasteiger partial charge in [0.2, 0.25) is 5.91 Å². The van der Waals surface area contributed by atoms with Crippen molar-refractivity contribution in [2.45, 2.75) is 34.2 Å². The first-order valence-corrected chi connectivity index (χ1v) is 6.92. The highest BCUT2D eigenvalue weighted by Crippen LogP contribution is 2.16. The van der Waals surface area contributed by atoms with E-state index in [-0.39, 0.29) is 11.8 Å². The first-order valence-electron chi connectivity index (χ1n) is 6.92. The van der Waals surface area contributed by atoms with Crippen molar-refractivity contribution in [3.05, 3.63) is 17.0 Å². The van der Waals surface area contributed by atoms with E-state index in [4.69, 9.17) is 4.52 Å². The van der Waals surface area contributed by atoms with Gasteiger partial charge in [0.15, 0.2) is 0 Å². The highest BCUT2D eigenvalue weighted by atomic mass is 16.5. The van der Waals surface area contributed by atoms with Gasteiger partial charge in [0.05, 0.1) is 5.69 Å². The number of hydrogen-bond donors (Lipinski definition) is 0. The van der Waals surface area contributed by atoms with Crippen molar-refractivity contribution < 1.29 is 9.32 Å². The van der Waals surface area contributed by atoms with Gasteiger partial charge in [-0.05, 0) is 13.8 Å². The van der Waals surface area contributed by atoms with E-state index >= 15 is 0 Å². The molecule has 0 atom stereocenters. The van der Waals surface area contributed by atoms with E-state index in [1.807, 2.05) is 32.6 Å². The van der Waals surface area contributed by atoms with E-state index in [0.717, 1.165) is 44.2 Å². The van der Waals surface area contributed by atoms with Crippen LogP contribution in [0.4, 0.5) is 0 Å². The Bertz CT molecular complexity index is 426. The second kappa shape index (κ2) is 5.74. The van der Waals surface area contributed by atoms with Crippen LogP contribution in [-0.2, 0) is 11.3 Å². The van der Waals surface area contributed by atoms with Gasteiger partial charge in [-0.25, -0.2) is 0 Å². The summed E-state index contributed by atoms with van der Waals surface area (Å²) in [5.41, 5.74) is 2.15. The molecule has 1 saturated heterocycles. The minimum atomic E-state index is 0.0918. The lowest BCUT2D eigenvalue weighted by Gasteiger charge is -2.35. The molecular formula is C14H23N3O2. The van der Waals surface area contributed by atoms with E-state index in [9.17, 15) is 4.79 Å². The fraction of sp³-hybridized carbons (Fsp3) is 0.714. The van der Waals surface area contributed by atoms with Crippen molar-refractivity contribution in [2.24, 2.45) is 5.92 Å². The summed E-state index contributed by atoms with van der Waals surface area (Å²) in [6.45, 7) is 12.2. The van der Waals surface area contributed by atoms with Gasteiger partial charge in [0, 0.05) is 44.2 Å². The standard InChI is InChI=1S/C14H23N3O2/c1-10(2)14(18)17-7-5-16(6-8-17)9-13-11(3)15-19-12(13)4/h10H,5-9H2,1-4H3. The molecule has 5 heteroatoms. The maximum Gasteiger partial charge on any atom is 0.225 e. The largest absolute Gasteiger partial charge is 0.361 e. The number of piperazine rings is 1. The molecule has 0 aliphatic carbocycles. The first kappa shape index (κ1) is 14.1. The Balaban J connectivity index is 1.89. The highest BCUT2D eigenvalue weighted by Gasteiger charge is 2.23. The molecule has 2 rings (SSSR count). The van der Waals surface area contributed by atoms with E-state index in [0.29, 0.717) is 0 Å². The van der Waals surface area contributed by atoms with E-state index < -0.39 is 0 Å². The van der Waals surface area contributed by atoms with Crippen LogP contribution in [0.25, 0.3) is 0 Å². The molecule has 1 amide bonds. The number of aryl methyl sites for hydroxylation is 2. The van der Waals surface area contributed by atoms with Crippen LogP contribution in [0.5, 0.6) is 0 Å². The molecule has 0 aromatic carbocycles. The number of aromatic nitrogens is 1. The van der Waals surface area contributed by atoms with Crippen LogP contribution in [-0.4, -0.2) is 47.0 Å². The summed E-state index contributed by atoms with van der Waals surface area (Å²) < 4.78 is 5.19. The number of carbonyl (C=O) groups is 1. The zero-order valence-corrected chi connectivity index (χ0v) is 12.3. The van der Waals surface area contributed by atoms with Crippen LogP contribution >= 0.6 is 0 Å². The third-order valence-corrected chi connectivity index (χ3v) is 3.74. The Hall–Kier alpha value is -1.36. The average Bonchev–Trinajstić information content (AvgIpc) is 2.70. The lowest BCUT2D eigenvalue weighted by molar-refractivity contribution is -0.136. The third kappa shape index (κ3) is 3.15. The molecule has 2 heterocycles. The quantitative estimate of drug-likeness (QED) is 0.833. The monoisotopic (exact) mass is 265 g/mol.